The molecule has 0 unspecified atom stereocenters. The average molecular weight is 491 g/mol. The number of rotatable bonds is 5. The molecule has 1 aliphatic rings. The predicted octanol–water partition coefficient (Wildman–Crippen LogP) is 5.00. The molecule has 32 heavy (non-hydrogen) atoms. The van der Waals surface area contributed by atoms with Gasteiger partial charge in [0.25, 0.3) is 11.8 Å². The lowest BCUT2D eigenvalue weighted by molar-refractivity contribution is -0.122. The molecule has 0 spiro atoms. The van der Waals surface area contributed by atoms with Gasteiger partial charge in [0.2, 0.25) is 0 Å². The first-order valence-corrected chi connectivity index (χ1v) is 10.7. The highest BCUT2D eigenvalue weighted by molar-refractivity contribution is 9.10. The number of nitrogens with zero attached hydrogens (tertiary/aromatic N) is 1. The van der Waals surface area contributed by atoms with Crippen LogP contribution in [0.15, 0.2) is 82.8 Å². The highest BCUT2D eigenvalue weighted by Gasteiger charge is 2.36. The van der Waals surface area contributed by atoms with Crippen LogP contribution in [-0.2, 0) is 16.2 Å². The zero-order chi connectivity index (χ0) is 22.7. The Hall–Kier alpha value is -3.71. The van der Waals surface area contributed by atoms with Crippen LogP contribution in [0.25, 0.3) is 6.08 Å². The minimum Gasteiger partial charge on any atom is -0.488 e. The average Bonchev–Trinajstić information content (AvgIpc) is 2.77. The summed E-state index contributed by atoms with van der Waals surface area (Å²) in [5, 5.41) is 2.23. The fraction of sp³-hybridized carbons (Fsp3) is 0.0800. The van der Waals surface area contributed by atoms with E-state index in [1.54, 1.807) is 42.5 Å². The molecule has 160 valence electrons. The number of benzene rings is 3. The number of carbonyl (C=O) groups excluding carboxylic acids is 3. The van der Waals surface area contributed by atoms with Crippen LogP contribution in [0.4, 0.5) is 10.5 Å². The molecule has 6 nitrogen and oxygen atoms in total. The molecule has 1 aliphatic heterocycles. The highest BCUT2D eigenvalue weighted by Crippen LogP contribution is 2.27. The van der Waals surface area contributed by atoms with Crippen LogP contribution in [0, 0.1) is 6.92 Å². The van der Waals surface area contributed by atoms with Gasteiger partial charge in [0.05, 0.1) is 5.69 Å². The zero-order valence-electron chi connectivity index (χ0n) is 17.2. The Morgan fingerprint density at radius 1 is 0.969 bits per heavy atom. The number of carbonyl (C=O) groups is 3. The standard InChI is InChI=1S/C25H19BrN2O4/c1-16-5-4-6-17(13-16)15-32-22-8-3-2-7-18(22)14-21-23(29)27-25(31)28(24(21)30)20-11-9-19(26)10-12-20/h2-14H,15H2,1H3,(H,27,29,31)/b21-14+. The van der Waals surface area contributed by atoms with Gasteiger partial charge >= 0.3 is 6.03 Å². The van der Waals surface area contributed by atoms with Crippen molar-refractivity contribution in [1.29, 1.82) is 0 Å². The normalized spacial score (nSPS) is 15.1. The molecule has 0 bridgehead atoms. The largest absolute Gasteiger partial charge is 0.488 e. The molecule has 1 saturated heterocycles. The molecule has 0 aromatic heterocycles. The minimum atomic E-state index is -0.788. The molecule has 1 N–H and O–H groups in total. The molecular weight excluding hydrogens is 472 g/mol. The smallest absolute Gasteiger partial charge is 0.335 e. The number of anilines is 1. The van der Waals surface area contributed by atoms with Gasteiger partial charge in [-0.2, -0.15) is 0 Å². The highest BCUT2D eigenvalue weighted by atomic mass is 79.9. The molecule has 0 radical (unpaired) electrons. The summed E-state index contributed by atoms with van der Waals surface area (Å²) in [5.41, 5.74) is 2.90. The first kappa shape index (κ1) is 21.5. The van der Waals surface area contributed by atoms with E-state index in [2.05, 4.69) is 21.2 Å². The molecule has 0 atom stereocenters. The Morgan fingerprint density at radius 2 is 1.72 bits per heavy atom. The van der Waals surface area contributed by atoms with Crippen LogP contribution in [0.1, 0.15) is 16.7 Å². The number of imide groups is 2. The van der Waals surface area contributed by atoms with Crippen molar-refractivity contribution in [2.24, 2.45) is 0 Å². The van der Waals surface area contributed by atoms with Crippen molar-refractivity contribution in [3.63, 3.8) is 0 Å². The third kappa shape index (κ3) is 4.63. The molecule has 7 heteroatoms. The summed E-state index contributed by atoms with van der Waals surface area (Å²) in [5.74, 6) is -0.925. The van der Waals surface area contributed by atoms with Crippen molar-refractivity contribution in [1.82, 2.24) is 5.32 Å². The number of urea groups is 1. The van der Waals surface area contributed by atoms with Crippen LogP contribution >= 0.6 is 15.9 Å². The monoisotopic (exact) mass is 490 g/mol. The van der Waals surface area contributed by atoms with Crippen molar-refractivity contribution in [3.8, 4) is 5.75 Å². The number of barbiturate groups is 1. The van der Waals surface area contributed by atoms with Crippen molar-refractivity contribution in [3.05, 3.63) is 99.5 Å². The molecule has 3 aromatic carbocycles. The van der Waals surface area contributed by atoms with E-state index >= 15 is 0 Å². The van der Waals surface area contributed by atoms with E-state index in [0.717, 1.165) is 20.5 Å². The van der Waals surface area contributed by atoms with Crippen molar-refractivity contribution in [2.45, 2.75) is 13.5 Å². The Labute approximate surface area is 193 Å². The Morgan fingerprint density at radius 3 is 2.47 bits per heavy atom. The molecule has 1 heterocycles. The molecule has 0 aliphatic carbocycles. The number of hydrogen-bond donors (Lipinski definition) is 1. The molecule has 0 saturated carbocycles. The number of amides is 4. The van der Waals surface area contributed by atoms with E-state index in [9.17, 15) is 14.4 Å². The maximum absolute atomic E-state index is 13.1. The molecule has 3 aromatic rings. The van der Waals surface area contributed by atoms with Gasteiger partial charge in [-0.15, -0.1) is 0 Å². The van der Waals surface area contributed by atoms with Crippen molar-refractivity contribution in [2.75, 3.05) is 4.90 Å². The second-order valence-electron chi connectivity index (χ2n) is 7.25. The van der Waals surface area contributed by atoms with Gasteiger partial charge in [-0.25, -0.2) is 9.69 Å². The molecule has 4 rings (SSSR count). The van der Waals surface area contributed by atoms with Gasteiger partial charge < -0.3 is 4.74 Å². The number of ether oxygens (including phenoxy) is 1. The van der Waals surface area contributed by atoms with E-state index < -0.39 is 17.8 Å². The maximum atomic E-state index is 13.1. The lowest BCUT2D eigenvalue weighted by Crippen LogP contribution is -2.54. The minimum absolute atomic E-state index is 0.154. The lowest BCUT2D eigenvalue weighted by atomic mass is 10.1. The summed E-state index contributed by atoms with van der Waals surface area (Å²) in [7, 11) is 0. The SMILES string of the molecule is Cc1cccc(COc2ccccc2/C=C2\C(=O)NC(=O)N(c3ccc(Br)cc3)C2=O)c1. The second-order valence-corrected chi connectivity index (χ2v) is 8.17. The zero-order valence-corrected chi connectivity index (χ0v) is 18.8. The van der Waals surface area contributed by atoms with Crippen LogP contribution in [0.3, 0.4) is 0 Å². The van der Waals surface area contributed by atoms with Gasteiger partial charge in [0.15, 0.2) is 0 Å². The summed E-state index contributed by atoms with van der Waals surface area (Å²) in [6.45, 7) is 2.35. The van der Waals surface area contributed by atoms with Gasteiger partial charge in [0.1, 0.15) is 17.9 Å². The van der Waals surface area contributed by atoms with E-state index in [1.807, 2.05) is 37.3 Å². The summed E-state index contributed by atoms with van der Waals surface area (Å²) >= 11 is 3.33. The Balaban J connectivity index is 1.63. The molecule has 4 amide bonds. The third-order valence-corrected chi connectivity index (χ3v) is 5.41. The number of nitrogens with one attached hydrogen (secondary N) is 1. The van der Waals surface area contributed by atoms with Crippen LogP contribution in [0.2, 0.25) is 0 Å². The van der Waals surface area contributed by atoms with Gasteiger partial charge in [-0.1, -0.05) is 64.0 Å². The lowest BCUT2D eigenvalue weighted by Gasteiger charge is -2.26. The number of halogens is 1. The summed E-state index contributed by atoms with van der Waals surface area (Å²) in [6, 6.07) is 21.0. The van der Waals surface area contributed by atoms with Crippen LogP contribution in [0.5, 0.6) is 5.75 Å². The number of hydrogen-bond acceptors (Lipinski definition) is 4. The van der Waals surface area contributed by atoms with Gasteiger partial charge in [-0.05, 0) is 48.9 Å². The first-order valence-electron chi connectivity index (χ1n) is 9.87. The number of aryl methyl sites for hydroxylation is 1. The van der Waals surface area contributed by atoms with E-state index in [4.69, 9.17) is 4.74 Å². The summed E-state index contributed by atoms with van der Waals surface area (Å²) < 4.78 is 6.77. The van der Waals surface area contributed by atoms with Crippen LogP contribution < -0.4 is 15.0 Å². The second kappa shape index (κ2) is 9.20. The summed E-state index contributed by atoms with van der Waals surface area (Å²) in [4.78, 5) is 38.9. The first-order chi connectivity index (χ1) is 15.4. The van der Waals surface area contributed by atoms with E-state index in [1.165, 1.54) is 6.08 Å². The van der Waals surface area contributed by atoms with Crippen molar-refractivity contribution >= 4 is 45.5 Å². The fourth-order valence-corrected chi connectivity index (χ4v) is 3.60. The molecule has 1 fully saturated rings. The van der Waals surface area contributed by atoms with Crippen LogP contribution in [-0.4, -0.2) is 17.8 Å². The number of para-hydroxylation sites is 1. The predicted molar refractivity (Wildman–Crippen MR) is 125 cm³/mol. The third-order valence-electron chi connectivity index (χ3n) is 4.88. The molecular formula is C25H19BrN2O4. The maximum Gasteiger partial charge on any atom is 0.335 e. The van der Waals surface area contributed by atoms with E-state index in [-0.39, 0.29) is 5.57 Å². The Kier molecular flexibility index (Phi) is 6.18. The quantitative estimate of drug-likeness (QED) is 0.403. The van der Waals surface area contributed by atoms with Gasteiger partial charge in [0, 0.05) is 10.0 Å². The topological polar surface area (TPSA) is 75.7 Å². The summed E-state index contributed by atoms with van der Waals surface area (Å²) in [6.07, 6.45) is 1.45. The van der Waals surface area contributed by atoms with Gasteiger partial charge in [-0.3, -0.25) is 14.9 Å². The fourth-order valence-electron chi connectivity index (χ4n) is 3.33. The Bertz CT molecular complexity index is 1230. The van der Waals surface area contributed by atoms with E-state index in [0.29, 0.717) is 23.6 Å². The van der Waals surface area contributed by atoms with Crippen molar-refractivity contribution < 1.29 is 19.1 Å².